The van der Waals surface area contributed by atoms with E-state index in [1.165, 1.54) is 0 Å². The Bertz CT molecular complexity index is 643. The van der Waals surface area contributed by atoms with Gasteiger partial charge in [0.15, 0.2) is 0 Å². The summed E-state index contributed by atoms with van der Waals surface area (Å²) in [6.07, 6.45) is 0. The van der Waals surface area contributed by atoms with Gasteiger partial charge in [-0.2, -0.15) is 0 Å². The molecule has 2 aromatic carbocycles. The molecule has 0 N–H and O–H groups in total. The minimum absolute atomic E-state index is 0.0608. The summed E-state index contributed by atoms with van der Waals surface area (Å²) in [6.45, 7) is 1.97. The van der Waals surface area contributed by atoms with Crippen LogP contribution in [0.25, 0.3) is 0 Å². The number of ether oxygens (including phenoxy) is 1. The molecule has 2 rings (SSSR count). The van der Waals surface area contributed by atoms with E-state index in [0.29, 0.717) is 15.8 Å². The molecule has 0 saturated heterocycles. The minimum atomic E-state index is -0.0608. The van der Waals surface area contributed by atoms with Crippen molar-refractivity contribution in [1.82, 2.24) is 0 Å². The fraction of sp³-hybridized carbons (Fsp3) is 0.200. The number of aryl methyl sites for hydroxylation is 1. The monoisotopic (exact) mass is 392 g/mol. The zero-order valence-electron chi connectivity index (χ0n) is 10.9. The lowest BCUT2D eigenvalue weighted by atomic mass is 10.0. The molecule has 20 heavy (non-hydrogen) atoms. The topological polar surface area (TPSA) is 9.23 Å². The first kappa shape index (κ1) is 16.0. The maximum Gasteiger partial charge on any atom is 0.138 e. The first-order valence-electron chi connectivity index (χ1n) is 5.87. The summed E-state index contributed by atoms with van der Waals surface area (Å²) in [7, 11) is 1.56. The second-order valence-corrected chi connectivity index (χ2v) is 6.52. The van der Waals surface area contributed by atoms with Crippen LogP contribution in [0.4, 0.5) is 0 Å². The van der Waals surface area contributed by atoms with Crippen molar-refractivity contribution >= 4 is 50.7 Å². The number of hydrogen-bond donors (Lipinski definition) is 0. The smallest absolute Gasteiger partial charge is 0.138 e. The molecular formula is C15H12BrCl3O. The molecule has 1 atom stereocenters. The van der Waals surface area contributed by atoms with E-state index in [9.17, 15) is 0 Å². The van der Waals surface area contributed by atoms with Gasteiger partial charge in [-0.25, -0.2) is 0 Å². The van der Waals surface area contributed by atoms with Crippen LogP contribution in [-0.2, 0) is 0 Å². The van der Waals surface area contributed by atoms with E-state index in [1.54, 1.807) is 13.2 Å². The van der Waals surface area contributed by atoms with E-state index in [0.717, 1.165) is 21.7 Å². The van der Waals surface area contributed by atoms with Crippen LogP contribution >= 0.6 is 50.7 Å². The van der Waals surface area contributed by atoms with Crippen LogP contribution in [0.1, 0.15) is 21.5 Å². The Kier molecular flexibility index (Phi) is 5.25. The fourth-order valence-electron chi connectivity index (χ4n) is 1.90. The number of alkyl halides is 1. The summed E-state index contributed by atoms with van der Waals surface area (Å²) in [6, 6.07) is 9.39. The highest BCUT2D eigenvalue weighted by molar-refractivity contribution is 9.09. The van der Waals surface area contributed by atoms with Crippen molar-refractivity contribution in [2.45, 2.75) is 11.8 Å². The van der Waals surface area contributed by atoms with Crippen LogP contribution in [-0.4, -0.2) is 7.11 Å². The second-order valence-electron chi connectivity index (χ2n) is 4.38. The van der Waals surface area contributed by atoms with Gasteiger partial charge in [0.05, 0.1) is 17.0 Å². The zero-order chi connectivity index (χ0) is 14.9. The van der Waals surface area contributed by atoms with E-state index in [4.69, 9.17) is 39.5 Å². The molecule has 0 radical (unpaired) electrons. The summed E-state index contributed by atoms with van der Waals surface area (Å²) in [4.78, 5) is -0.0608. The fourth-order valence-corrected chi connectivity index (χ4v) is 3.32. The van der Waals surface area contributed by atoms with E-state index in [-0.39, 0.29) is 4.83 Å². The number of halogens is 4. The maximum absolute atomic E-state index is 6.30. The van der Waals surface area contributed by atoms with Gasteiger partial charge in [0.25, 0.3) is 0 Å². The number of hydrogen-bond acceptors (Lipinski definition) is 1. The summed E-state index contributed by atoms with van der Waals surface area (Å²) < 4.78 is 5.15. The highest BCUT2D eigenvalue weighted by atomic mass is 79.9. The molecule has 1 unspecified atom stereocenters. The lowest BCUT2D eigenvalue weighted by Gasteiger charge is -2.15. The van der Waals surface area contributed by atoms with E-state index >= 15 is 0 Å². The summed E-state index contributed by atoms with van der Waals surface area (Å²) in [5.41, 5.74) is 2.97. The Hall–Kier alpha value is -0.410. The molecule has 0 aliphatic rings. The van der Waals surface area contributed by atoms with Crippen molar-refractivity contribution in [3.05, 3.63) is 62.1 Å². The molecule has 2 aromatic rings. The molecule has 5 heteroatoms. The SMILES string of the molecule is COc1cc(Cl)c(C(Br)c2ccc(Cl)c(C)c2)cc1Cl. The van der Waals surface area contributed by atoms with Crippen molar-refractivity contribution in [2.24, 2.45) is 0 Å². The Morgan fingerprint density at radius 1 is 1.00 bits per heavy atom. The van der Waals surface area contributed by atoms with Crippen LogP contribution in [0, 0.1) is 6.92 Å². The van der Waals surface area contributed by atoms with E-state index < -0.39 is 0 Å². The largest absolute Gasteiger partial charge is 0.495 e. The van der Waals surface area contributed by atoms with Crippen LogP contribution in [0.2, 0.25) is 15.1 Å². The zero-order valence-corrected chi connectivity index (χ0v) is 14.7. The Balaban J connectivity index is 2.45. The molecule has 0 heterocycles. The number of benzene rings is 2. The summed E-state index contributed by atoms with van der Waals surface area (Å²) >= 11 is 22.2. The maximum atomic E-state index is 6.30. The third-order valence-corrected chi connectivity index (χ3v) is 5.09. The normalized spacial score (nSPS) is 12.3. The highest BCUT2D eigenvalue weighted by Crippen LogP contribution is 2.40. The van der Waals surface area contributed by atoms with Crippen LogP contribution in [0.5, 0.6) is 5.75 Å². The van der Waals surface area contributed by atoms with Gasteiger partial charge in [0.2, 0.25) is 0 Å². The molecular weight excluding hydrogens is 382 g/mol. The quantitative estimate of drug-likeness (QED) is 0.544. The predicted octanol–water partition coefficient (Wildman–Crippen LogP) is 6.45. The van der Waals surface area contributed by atoms with Gasteiger partial charge in [0.1, 0.15) is 5.75 Å². The average Bonchev–Trinajstić information content (AvgIpc) is 2.43. The molecule has 0 amide bonds. The summed E-state index contributed by atoms with van der Waals surface area (Å²) in [5.74, 6) is 0.562. The third kappa shape index (κ3) is 3.25. The number of rotatable bonds is 3. The van der Waals surface area contributed by atoms with Gasteiger partial charge in [-0.15, -0.1) is 0 Å². The van der Waals surface area contributed by atoms with Gasteiger partial charge < -0.3 is 4.74 Å². The lowest BCUT2D eigenvalue weighted by Crippen LogP contribution is -1.96. The van der Waals surface area contributed by atoms with Gasteiger partial charge in [-0.05, 0) is 35.7 Å². The van der Waals surface area contributed by atoms with Crippen molar-refractivity contribution < 1.29 is 4.74 Å². The molecule has 0 saturated carbocycles. The van der Waals surface area contributed by atoms with Crippen LogP contribution in [0.15, 0.2) is 30.3 Å². The Morgan fingerprint density at radius 2 is 1.70 bits per heavy atom. The standard InChI is InChI=1S/C15H12BrCl3O/c1-8-5-9(3-4-11(8)17)15(16)10-6-13(19)14(20-2)7-12(10)18/h3-7,15H,1-2H3. The molecule has 106 valence electrons. The molecule has 1 nitrogen and oxygen atoms in total. The van der Waals surface area contributed by atoms with Crippen molar-refractivity contribution in [2.75, 3.05) is 7.11 Å². The van der Waals surface area contributed by atoms with Crippen molar-refractivity contribution in [3.63, 3.8) is 0 Å². The molecule has 0 bridgehead atoms. The lowest BCUT2D eigenvalue weighted by molar-refractivity contribution is 0.415. The molecule has 0 spiro atoms. The predicted molar refractivity (Wildman–Crippen MR) is 90.0 cm³/mol. The Morgan fingerprint density at radius 3 is 2.30 bits per heavy atom. The van der Waals surface area contributed by atoms with Crippen LogP contribution in [0.3, 0.4) is 0 Å². The summed E-state index contributed by atoms with van der Waals surface area (Å²) in [5, 5.41) is 1.87. The first-order valence-corrected chi connectivity index (χ1v) is 7.92. The minimum Gasteiger partial charge on any atom is -0.495 e. The second kappa shape index (κ2) is 6.57. The first-order chi connectivity index (χ1) is 9.43. The van der Waals surface area contributed by atoms with E-state index in [1.807, 2.05) is 31.2 Å². The highest BCUT2D eigenvalue weighted by Gasteiger charge is 2.17. The van der Waals surface area contributed by atoms with Crippen molar-refractivity contribution in [1.29, 1.82) is 0 Å². The Labute approximate surface area is 141 Å². The number of methoxy groups -OCH3 is 1. The molecule has 0 fully saturated rings. The van der Waals surface area contributed by atoms with E-state index in [2.05, 4.69) is 15.9 Å². The van der Waals surface area contributed by atoms with Gasteiger partial charge in [0, 0.05) is 16.1 Å². The third-order valence-electron chi connectivity index (χ3n) is 3.02. The van der Waals surface area contributed by atoms with Crippen LogP contribution < -0.4 is 4.74 Å². The van der Waals surface area contributed by atoms with Gasteiger partial charge in [-0.3, -0.25) is 0 Å². The molecule has 0 aromatic heterocycles. The van der Waals surface area contributed by atoms with Crippen molar-refractivity contribution in [3.8, 4) is 5.75 Å². The molecule has 0 aliphatic heterocycles. The van der Waals surface area contributed by atoms with Gasteiger partial charge >= 0.3 is 0 Å². The molecule has 0 aliphatic carbocycles. The average molecular weight is 395 g/mol. The van der Waals surface area contributed by atoms with Gasteiger partial charge in [-0.1, -0.05) is 62.9 Å².